The van der Waals surface area contributed by atoms with Gasteiger partial charge in [0.15, 0.2) is 0 Å². The number of benzene rings is 3. The lowest BCUT2D eigenvalue weighted by molar-refractivity contribution is -0.117. The molecule has 1 fully saturated rings. The Kier molecular flexibility index (Phi) is 5.91. The molecule has 0 aromatic heterocycles. The van der Waals surface area contributed by atoms with E-state index in [0.717, 1.165) is 12.5 Å². The number of carbonyl (C=O) groups excluding carboxylic acids is 2. The summed E-state index contributed by atoms with van der Waals surface area (Å²) in [6.07, 6.45) is 1.23. The summed E-state index contributed by atoms with van der Waals surface area (Å²) in [6.45, 7) is 0.591. The van der Waals surface area contributed by atoms with Crippen LogP contribution in [0.15, 0.2) is 77.7 Å². The van der Waals surface area contributed by atoms with Gasteiger partial charge in [0, 0.05) is 18.5 Å². The van der Waals surface area contributed by atoms with Gasteiger partial charge >= 0.3 is 0 Å². The van der Waals surface area contributed by atoms with E-state index < -0.39 is 21.7 Å². The van der Waals surface area contributed by atoms with E-state index in [9.17, 15) is 22.4 Å². The molecule has 1 aliphatic heterocycles. The standard InChI is InChI=1S/C23H20FN3O4S/c24-18-6-1-2-7-19(18)26-32(30,31)17-13-11-16(12-14-17)23(29)25-20-8-3-4-9-21(20)27-15-5-10-22(27)28/h1-4,6-9,11-14,26H,5,10,15H2,(H,25,29). The number of amides is 2. The number of para-hydroxylation sites is 3. The van der Waals surface area contributed by atoms with Crippen molar-refractivity contribution in [3.8, 4) is 0 Å². The van der Waals surface area contributed by atoms with Crippen molar-refractivity contribution in [1.82, 2.24) is 0 Å². The lowest BCUT2D eigenvalue weighted by Crippen LogP contribution is -2.25. The van der Waals surface area contributed by atoms with Crippen molar-refractivity contribution in [2.75, 3.05) is 21.5 Å². The zero-order chi connectivity index (χ0) is 22.7. The summed E-state index contributed by atoms with van der Waals surface area (Å²) >= 11 is 0. The van der Waals surface area contributed by atoms with Crippen molar-refractivity contribution >= 4 is 38.9 Å². The molecule has 32 heavy (non-hydrogen) atoms. The van der Waals surface area contributed by atoms with Gasteiger partial charge in [-0.3, -0.25) is 14.3 Å². The molecule has 0 atom stereocenters. The number of sulfonamides is 1. The molecular formula is C23H20FN3O4S. The monoisotopic (exact) mass is 453 g/mol. The summed E-state index contributed by atoms with van der Waals surface area (Å²) in [6, 6.07) is 17.7. The van der Waals surface area contributed by atoms with Gasteiger partial charge in [-0.25, -0.2) is 12.8 Å². The maximum absolute atomic E-state index is 13.8. The lowest BCUT2D eigenvalue weighted by atomic mass is 10.2. The first-order chi connectivity index (χ1) is 15.3. The Bertz CT molecular complexity index is 1280. The third-order valence-corrected chi connectivity index (χ3v) is 6.44. The fourth-order valence-corrected chi connectivity index (χ4v) is 4.51. The van der Waals surface area contributed by atoms with Crippen LogP contribution in [0.25, 0.3) is 0 Å². The van der Waals surface area contributed by atoms with Crippen molar-refractivity contribution < 1.29 is 22.4 Å². The van der Waals surface area contributed by atoms with E-state index in [1.165, 1.54) is 42.5 Å². The van der Waals surface area contributed by atoms with E-state index in [4.69, 9.17) is 0 Å². The van der Waals surface area contributed by atoms with Gasteiger partial charge < -0.3 is 10.2 Å². The van der Waals surface area contributed by atoms with Crippen LogP contribution in [-0.4, -0.2) is 26.8 Å². The molecule has 1 saturated heterocycles. The largest absolute Gasteiger partial charge is 0.320 e. The second kappa shape index (κ2) is 8.80. The lowest BCUT2D eigenvalue weighted by Gasteiger charge is -2.20. The van der Waals surface area contributed by atoms with E-state index >= 15 is 0 Å². The zero-order valence-electron chi connectivity index (χ0n) is 16.9. The predicted molar refractivity (Wildman–Crippen MR) is 120 cm³/mol. The van der Waals surface area contributed by atoms with E-state index in [2.05, 4.69) is 10.0 Å². The number of rotatable bonds is 6. The Hall–Kier alpha value is -3.72. The average molecular weight is 453 g/mol. The minimum absolute atomic E-state index is 0.00334. The molecule has 7 nitrogen and oxygen atoms in total. The summed E-state index contributed by atoms with van der Waals surface area (Å²) in [7, 11) is -4.03. The van der Waals surface area contributed by atoms with Crippen LogP contribution in [0.5, 0.6) is 0 Å². The van der Waals surface area contributed by atoms with Gasteiger partial charge in [0.1, 0.15) is 5.82 Å². The van der Waals surface area contributed by atoms with Crippen molar-refractivity contribution in [2.24, 2.45) is 0 Å². The zero-order valence-corrected chi connectivity index (χ0v) is 17.7. The highest BCUT2D eigenvalue weighted by molar-refractivity contribution is 7.92. The molecule has 4 rings (SSSR count). The van der Waals surface area contributed by atoms with Crippen LogP contribution in [0.2, 0.25) is 0 Å². The Morgan fingerprint density at radius 1 is 0.906 bits per heavy atom. The molecule has 0 aliphatic carbocycles. The molecule has 0 radical (unpaired) electrons. The molecule has 0 unspecified atom stereocenters. The first-order valence-electron chi connectivity index (χ1n) is 9.93. The van der Waals surface area contributed by atoms with Crippen LogP contribution >= 0.6 is 0 Å². The van der Waals surface area contributed by atoms with Crippen molar-refractivity contribution in [3.63, 3.8) is 0 Å². The maximum Gasteiger partial charge on any atom is 0.261 e. The fourth-order valence-electron chi connectivity index (χ4n) is 3.45. The van der Waals surface area contributed by atoms with Gasteiger partial charge in [0.2, 0.25) is 5.91 Å². The molecule has 9 heteroatoms. The summed E-state index contributed by atoms with van der Waals surface area (Å²) in [5.41, 5.74) is 1.18. The average Bonchev–Trinajstić information content (AvgIpc) is 3.21. The molecule has 3 aromatic rings. The number of halogens is 1. The Labute approximate surface area is 184 Å². The number of anilines is 3. The highest BCUT2D eigenvalue weighted by atomic mass is 32.2. The number of hydrogen-bond donors (Lipinski definition) is 2. The molecule has 3 aromatic carbocycles. The third kappa shape index (κ3) is 4.47. The molecular weight excluding hydrogens is 433 g/mol. The Morgan fingerprint density at radius 2 is 1.56 bits per heavy atom. The van der Waals surface area contributed by atoms with Crippen LogP contribution < -0.4 is 14.9 Å². The number of hydrogen-bond acceptors (Lipinski definition) is 4. The van der Waals surface area contributed by atoms with E-state index in [1.54, 1.807) is 29.2 Å². The smallest absolute Gasteiger partial charge is 0.261 e. The summed E-state index contributed by atoms with van der Waals surface area (Å²) in [5, 5.41) is 2.78. The third-order valence-electron chi connectivity index (χ3n) is 5.06. The van der Waals surface area contributed by atoms with E-state index in [1.807, 2.05) is 0 Å². The highest BCUT2D eigenvalue weighted by Crippen LogP contribution is 2.30. The normalized spacial score (nSPS) is 13.8. The molecule has 0 spiro atoms. The number of nitrogens with zero attached hydrogens (tertiary/aromatic N) is 1. The predicted octanol–water partition coefficient (Wildman–Crippen LogP) is 4.01. The SMILES string of the molecule is O=C(Nc1ccccc1N1CCCC1=O)c1ccc(S(=O)(=O)Nc2ccccc2F)cc1. The van der Waals surface area contributed by atoms with Crippen molar-refractivity contribution in [2.45, 2.75) is 17.7 Å². The Morgan fingerprint density at radius 3 is 2.22 bits per heavy atom. The van der Waals surface area contributed by atoms with Crippen LogP contribution in [0, 0.1) is 5.82 Å². The fraction of sp³-hybridized carbons (Fsp3) is 0.130. The van der Waals surface area contributed by atoms with Crippen LogP contribution in [0.3, 0.4) is 0 Å². The summed E-state index contributed by atoms with van der Waals surface area (Å²) < 4.78 is 41.0. The maximum atomic E-state index is 13.8. The van der Waals surface area contributed by atoms with Gasteiger partial charge in [0.05, 0.1) is 22.0 Å². The molecule has 0 saturated carbocycles. The topological polar surface area (TPSA) is 95.6 Å². The molecule has 1 heterocycles. The molecule has 164 valence electrons. The second-order valence-corrected chi connectivity index (χ2v) is 8.91. The van der Waals surface area contributed by atoms with E-state index in [0.29, 0.717) is 24.3 Å². The van der Waals surface area contributed by atoms with Crippen LogP contribution in [-0.2, 0) is 14.8 Å². The van der Waals surface area contributed by atoms with E-state index in [-0.39, 0.29) is 22.1 Å². The quantitative estimate of drug-likeness (QED) is 0.590. The molecule has 2 N–H and O–H groups in total. The van der Waals surface area contributed by atoms with Gasteiger partial charge in [-0.1, -0.05) is 24.3 Å². The summed E-state index contributed by atoms with van der Waals surface area (Å²) in [5.74, 6) is -1.14. The molecule has 2 amide bonds. The van der Waals surface area contributed by atoms with Gasteiger partial charge in [-0.2, -0.15) is 0 Å². The van der Waals surface area contributed by atoms with Gasteiger partial charge in [-0.05, 0) is 55.0 Å². The highest BCUT2D eigenvalue weighted by Gasteiger charge is 2.24. The van der Waals surface area contributed by atoms with Crippen molar-refractivity contribution in [3.05, 3.63) is 84.2 Å². The van der Waals surface area contributed by atoms with Gasteiger partial charge in [0.25, 0.3) is 15.9 Å². The summed E-state index contributed by atoms with van der Waals surface area (Å²) in [4.78, 5) is 26.4. The van der Waals surface area contributed by atoms with Gasteiger partial charge in [-0.15, -0.1) is 0 Å². The van der Waals surface area contributed by atoms with Crippen LogP contribution in [0.4, 0.5) is 21.5 Å². The number of carbonyl (C=O) groups is 2. The first kappa shape index (κ1) is 21.5. The minimum Gasteiger partial charge on any atom is -0.320 e. The second-order valence-electron chi connectivity index (χ2n) is 7.23. The number of nitrogens with one attached hydrogen (secondary N) is 2. The minimum atomic E-state index is -4.03. The first-order valence-corrected chi connectivity index (χ1v) is 11.4. The molecule has 1 aliphatic rings. The van der Waals surface area contributed by atoms with Crippen LogP contribution in [0.1, 0.15) is 23.2 Å². The van der Waals surface area contributed by atoms with Crippen molar-refractivity contribution in [1.29, 1.82) is 0 Å². The Balaban J connectivity index is 1.51. The molecule has 0 bridgehead atoms.